The van der Waals surface area contributed by atoms with Crippen LogP contribution in [0.15, 0.2) is 35.2 Å². The molecular formula is C14H19NOS. The van der Waals surface area contributed by atoms with Gasteiger partial charge in [0.15, 0.2) is 0 Å². The third-order valence-electron chi connectivity index (χ3n) is 3.09. The largest absolute Gasteiger partial charge is 0.342 e. The summed E-state index contributed by atoms with van der Waals surface area (Å²) in [7, 11) is 0. The molecule has 0 aromatic heterocycles. The normalized spacial score (nSPS) is 17.1. The minimum Gasteiger partial charge on any atom is -0.342 e. The lowest BCUT2D eigenvalue weighted by atomic mass is 10.3. The van der Waals surface area contributed by atoms with Gasteiger partial charge in [-0.25, -0.2) is 0 Å². The van der Waals surface area contributed by atoms with Crippen LogP contribution in [0.2, 0.25) is 0 Å². The SMILES string of the molecule is CCC(Sc1ccccc1)C(=O)N1CCCC1. The number of carbonyl (C=O) groups is 1. The molecule has 2 nitrogen and oxygen atoms in total. The van der Waals surface area contributed by atoms with Crippen LogP contribution in [0.3, 0.4) is 0 Å². The predicted molar refractivity (Wildman–Crippen MR) is 72.2 cm³/mol. The van der Waals surface area contributed by atoms with Crippen LogP contribution in [0.5, 0.6) is 0 Å². The summed E-state index contributed by atoms with van der Waals surface area (Å²) in [5.41, 5.74) is 0. The topological polar surface area (TPSA) is 20.3 Å². The maximum absolute atomic E-state index is 12.3. The first-order valence-electron chi connectivity index (χ1n) is 6.31. The van der Waals surface area contributed by atoms with Crippen molar-refractivity contribution in [2.75, 3.05) is 13.1 Å². The molecule has 2 rings (SSSR count). The number of hydrogen-bond acceptors (Lipinski definition) is 2. The van der Waals surface area contributed by atoms with E-state index in [0.29, 0.717) is 5.91 Å². The summed E-state index contributed by atoms with van der Waals surface area (Å²) in [6.45, 7) is 3.99. The van der Waals surface area contributed by atoms with Crippen LogP contribution in [0.4, 0.5) is 0 Å². The predicted octanol–water partition coefficient (Wildman–Crippen LogP) is 3.18. The number of amides is 1. The molecular weight excluding hydrogens is 230 g/mol. The van der Waals surface area contributed by atoms with Crippen LogP contribution in [0, 0.1) is 0 Å². The second-order valence-electron chi connectivity index (χ2n) is 4.36. The van der Waals surface area contributed by atoms with E-state index in [1.165, 1.54) is 4.90 Å². The maximum Gasteiger partial charge on any atom is 0.236 e. The van der Waals surface area contributed by atoms with Gasteiger partial charge in [-0.15, -0.1) is 11.8 Å². The van der Waals surface area contributed by atoms with Crippen LogP contribution in [-0.2, 0) is 4.79 Å². The van der Waals surface area contributed by atoms with E-state index in [-0.39, 0.29) is 5.25 Å². The van der Waals surface area contributed by atoms with Gasteiger partial charge >= 0.3 is 0 Å². The highest BCUT2D eigenvalue weighted by Gasteiger charge is 2.25. The number of benzene rings is 1. The highest BCUT2D eigenvalue weighted by molar-refractivity contribution is 8.00. The molecule has 1 heterocycles. The molecule has 92 valence electrons. The fraction of sp³-hybridized carbons (Fsp3) is 0.500. The Morgan fingerprint density at radius 3 is 2.53 bits per heavy atom. The molecule has 0 aliphatic carbocycles. The monoisotopic (exact) mass is 249 g/mol. The highest BCUT2D eigenvalue weighted by atomic mass is 32.2. The van der Waals surface area contributed by atoms with E-state index in [1.54, 1.807) is 11.8 Å². The summed E-state index contributed by atoms with van der Waals surface area (Å²) >= 11 is 1.69. The van der Waals surface area contributed by atoms with Crippen molar-refractivity contribution in [3.8, 4) is 0 Å². The molecule has 1 atom stereocenters. The molecule has 1 aliphatic heterocycles. The second-order valence-corrected chi connectivity index (χ2v) is 5.64. The van der Waals surface area contributed by atoms with Crippen molar-refractivity contribution in [3.63, 3.8) is 0 Å². The number of likely N-dealkylation sites (tertiary alicyclic amines) is 1. The zero-order chi connectivity index (χ0) is 12.1. The molecule has 0 radical (unpaired) electrons. The molecule has 1 fully saturated rings. The van der Waals surface area contributed by atoms with Crippen molar-refractivity contribution in [3.05, 3.63) is 30.3 Å². The Hall–Kier alpha value is -0.960. The molecule has 1 aromatic rings. The Bertz CT molecular complexity index is 360. The number of thioether (sulfide) groups is 1. The minimum absolute atomic E-state index is 0.0792. The van der Waals surface area contributed by atoms with Gasteiger partial charge in [0.05, 0.1) is 5.25 Å². The minimum atomic E-state index is 0.0792. The standard InChI is InChI=1S/C14H19NOS/c1-2-13(14(16)15-10-6-7-11-15)17-12-8-4-3-5-9-12/h3-5,8-9,13H,2,6-7,10-11H2,1H3. The van der Waals surface area contributed by atoms with Gasteiger partial charge in [-0.1, -0.05) is 25.1 Å². The Morgan fingerprint density at radius 1 is 1.29 bits per heavy atom. The Kier molecular flexibility index (Phi) is 4.49. The molecule has 0 bridgehead atoms. The van der Waals surface area contributed by atoms with Crippen molar-refractivity contribution in [1.29, 1.82) is 0 Å². The molecule has 1 amide bonds. The van der Waals surface area contributed by atoms with E-state index >= 15 is 0 Å². The first-order chi connectivity index (χ1) is 8.31. The summed E-state index contributed by atoms with van der Waals surface area (Å²) < 4.78 is 0. The summed E-state index contributed by atoms with van der Waals surface area (Å²) in [6.07, 6.45) is 3.23. The van der Waals surface area contributed by atoms with Crippen LogP contribution in [0.25, 0.3) is 0 Å². The molecule has 3 heteroatoms. The Balaban J connectivity index is 1.98. The van der Waals surface area contributed by atoms with Crippen molar-refractivity contribution < 1.29 is 4.79 Å². The number of carbonyl (C=O) groups excluding carboxylic acids is 1. The van der Waals surface area contributed by atoms with Crippen LogP contribution in [-0.4, -0.2) is 29.1 Å². The van der Waals surface area contributed by atoms with E-state index in [4.69, 9.17) is 0 Å². The van der Waals surface area contributed by atoms with Crippen LogP contribution < -0.4 is 0 Å². The van der Waals surface area contributed by atoms with Gasteiger partial charge in [0.25, 0.3) is 0 Å². The van der Waals surface area contributed by atoms with Gasteiger partial charge in [0.1, 0.15) is 0 Å². The molecule has 1 saturated heterocycles. The van der Waals surface area contributed by atoms with Crippen molar-refractivity contribution in [2.45, 2.75) is 36.3 Å². The fourth-order valence-corrected chi connectivity index (χ4v) is 3.17. The maximum atomic E-state index is 12.3. The van der Waals surface area contributed by atoms with Gasteiger partial charge < -0.3 is 4.90 Å². The van der Waals surface area contributed by atoms with Crippen LogP contribution in [0.1, 0.15) is 26.2 Å². The third-order valence-corrected chi connectivity index (χ3v) is 4.45. The summed E-state index contributed by atoms with van der Waals surface area (Å²) in [6, 6.07) is 10.2. The summed E-state index contributed by atoms with van der Waals surface area (Å²) in [4.78, 5) is 15.5. The Morgan fingerprint density at radius 2 is 1.94 bits per heavy atom. The number of rotatable bonds is 4. The molecule has 17 heavy (non-hydrogen) atoms. The summed E-state index contributed by atoms with van der Waals surface area (Å²) in [5.74, 6) is 0.318. The smallest absolute Gasteiger partial charge is 0.236 e. The molecule has 0 spiro atoms. The second kappa shape index (κ2) is 6.10. The summed E-state index contributed by atoms with van der Waals surface area (Å²) in [5, 5.41) is 0.0792. The number of hydrogen-bond donors (Lipinski definition) is 0. The van der Waals surface area contributed by atoms with Gasteiger partial charge in [-0.05, 0) is 31.4 Å². The molecule has 1 aromatic carbocycles. The van der Waals surface area contributed by atoms with Crippen LogP contribution >= 0.6 is 11.8 Å². The van der Waals surface area contributed by atoms with E-state index in [1.807, 2.05) is 23.1 Å². The van der Waals surface area contributed by atoms with E-state index in [2.05, 4.69) is 19.1 Å². The quantitative estimate of drug-likeness (QED) is 0.764. The zero-order valence-electron chi connectivity index (χ0n) is 10.3. The lowest BCUT2D eigenvalue weighted by molar-refractivity contribution is -0.129. The first-order valence-corrected chi connectivity index (χ1v) is 7.19. The first kappa shape index (κ1) is 12.5. The lowest BCUT2D eigenvalue weighted by Gasteiger charge is -2.21. The van der Waals surface area contributed by atoms with E-state index in [0.717, 1.165) is 32.4 Å². The average molecular weight is 249 g/mol. The van der Waals surface area contributed by atoms with E-state index < -0.39 is 0 Å². The van der Waals surface area contributed by atoms with Gasteiger partial charge in [0.2, 0.25) is 5.91 Å². The molecule has 1 aliphatic rings. The van der Waals surface area contributed by atoms with Crippen molar-refractivity contribution in [2.24, 2.45) is 0 Å². The average Bonchev–Trinajstić information content (AvgIpc) is 2.90. The number of nitrogens with zero attached hydrogens (tertiary/aromatic N) is 1. The molecule has 0 saturated carbocycles. The van der Waals surface area contributed by atoms with E-state index in [9.17, 15) is 4.79 Å². The third kappa shape index (κ3) is 3.25. The Labute approximate surface area is 107 Å². The molecule has 0 N–H and O–H groups in total. The lowest BCUT2D eigenvalue weighted by Crippen LogP contribution is -2.35. The van der Waals surface area contributed by atoms with Crippen molar-refractivity contribution >= 4 is 17.7 Å². The molecule has 1 unspecified atom stereocenters. The zero-order valence-corrected chi connectivity index (χ0v) is 11.1. The van der Waals surface area contributed by atoms with Gasteiger partial charge in [0, 0.05) is 18.0 Å². The van der Waals surface area contributed by atoms with Gasteiger partial charge in [-0.2, -0.15) is 0 Å². The van der Waals surface area contributed by atoms with Crippen molar-refractivity contribution in [1.82, 2.24) is 4.90 Å². The highest BCUT2D eigenvalue weighted by Crippen LogP contribution is 2.27. The fourth-order valence-electron chi connectivity index (χ4n) is 2.11. The van der Waals surface area contributed by atoms with Gasteiger partial charge in [-0.3, -0.25) is 4.79 Å².